The average Bonchev–Trinajstić information content (AvgIpc) is 2.94. The molecule has 1 aromatic rings. The van der Waals surface area contributed by atoms with Crippen molar-refractivity contribution in [1.82, 2.24) is 10.2 Å². The van der Waals surface area contributed by atoms with Crippen LogP contribution in [0.25, 0.3) is 0 Å². The fourth-order valence-electron chi connectivity index (χ4n) is 2.59. The van der Waals surface area contributed by atoms with Gasteiger partial charge in [0.05, 0.1) is 0 Å². The van der Waals surface area contributed by atoms with Crippen molar-refractivity contribution >= 4 is 11.3 Å². The topological polar surface area (TPSA) is 15.3 Å². The van der Waals surface area contributed by atoms with E-state index in [0.717, 1.165) is 12.5 Å². The molecule has 0 aliphatic carbocycles. The molecule has 1 saturated heterocycles. The van der Waals surface area contributed by atoms with Crippen molar-refractivity contribution in [1.29, 1.82) is 0 Å². The fraction of sp³-hybridized carbons (Fsp3) is 0.714. The molecule has 1 fully saturated rings. The van der Waals surface area contributed by atoms with Crippen LogP contribution in [-0.4, -0.2) is 31.1 Å². The second-order valence-electron chi connectivity index (χ2n) is 5.08. The normalized spacial score (nSPS) is 23.1. The molecule has 96 valence electrons. The number of hydrogen-bond donors (Lipinski definition) is 1. The molecule has 2 heterocycles. The lowest BCUT2D eigenvalue weighted by atomic mass is 10.1. The lowest BCUT2D eigenvalue weighted by Crippen LogP contribution is -2.27. The van der Waals surface area contributed by atoms with Crippen molar-refractivity contribution in [3.8, 4) is 0 Å². The van der Waals surface area contributed by atoms with Crippen molar-refractivity contribution < 1.29 is 0 Å². The summed E-state index contributed by atoms with van der Waals surface area (Å²) in [5, 5.41) is 3.47. The molecule has 0 aromatic carbocycles. The van der Waals surface area contributed by atoms with Gasteiger partial charge in [-0.2, -0.15) is 0 Å². The molecular weight excluding hydrogens is 228 g/mol. The van der Waals surface area contributed by atoms with E-state index in [2.05, 4.69) is 43.1 Å². The van der Waals surface area contributed by atoms with Crippen LogP contribution in [0.15, 0.2) is 12.1 Å². The van der Waals surface area contributed by atoms with Gasteiger partial charge in [-0.3, -0.25) is 4.90 Å². The van der Waals surface area contributed by atoms with Crippen LogP contribution in [0.5, 0.6) is 0 Å². The van der Waals surface area contributed by atoms with Gasteiger partial charge in [-0.05, 0) is 58.0 Å². The van der Waals surface area contributed by atoms with Crippen molar-refractivity contribution in [3.05, 3.63) is 21.9 Å². The highest BCUT2D eigenvalue weighted by atomic mass is 32.1. The quantitative estimate of drug-likeness (QED) is 0.866. The summed E-state index contributed by atoms with van der Waals surface area (Å²) in [4.78, 5) is 5.58. The molecule has 1 aliphatic heterocycles. The van der Waals surface area contributed by atoms with Gasteiger partial charge in [0.25, 0.3) is 0 Å². The number of rotatable bonds is 5. The van der Waals surface area contributed by atoms with Gasteiger partial charge in [0.1, 0.15) is 0 Å². The van der Waals surface area contributed by atoms with Crippen LogP contribution in [0.4, 0.5) is 0 Å². The van der Waals surface area contributed by atoms with E-state index < -0.39 is 0 Å². The first-order valence-electron chi connectivity index (χ1n) is 6.71. The van der Waals surface area contributed by atoms with Crippen LogP contribution in [0.2, 0.25) is 0 Å². The number of hydrogen-bond acceptors (Lipinski definition) is 3. The molecule has 2 unspecified atom stereocenters. The minimum absolute atomic E-state index is 0.598. The molecule has 1 aliphatic rings. The molecule has 2 rings (SSSR count). The Kier molecular flexibility index (Phi) is 4.60. The Bertz CT molecular complexity index is 348. The Morgan fingerprint density at radius 2 is 2.35 bits per heavy atom. The smallest absolute Gasteiger partial charge is 0.0413 e. The van der Waals surface area contributed by atoms with E-state index in [1.54, 1.807) is 0 Å². The van der Waals surface area contributed by atoms with Gasteiger partial charge in [-0.1, -0.05) is 6.92 Å². The monoisotopic (exact) mass is 252 g/mol. The number of thiophene rings is 1. The van der Waals surface area contributed by atoms with E-state index in [9.17, 15) is 0 Å². The summed E-state index contributed by atoms with van der Waals surface area (Å²) in [5.74, 6) is 0.846. The van der Waals surface area contributed by atoms with E-state index >= 15 is 0 Å². The molecule has 2 atom stereocenters. The van der Waals surface area contributed by atoms with Gasteiger partial charge in [-0.15, -0.1) is 11.3 Å². The average molecular weight is 252 g/mol. The lowest BCUT2D eigenvalue weighted by Gasteiger charge is -2.23. The highest BCUT2D eigenvalue weighted by molar-refractivity contribution is 7.12. The predicted molar refractivity (Wildman–Crippen MR) is 75.7 cm³/mol. The zero-order chi connectivity index (χ0) is 12.3. The third kappa shape index (κ3) is 3.30. The summed E-state index contributed by atoms with van der Waals surface area (Å²) in [5.41, 5.74) is 0. The molecule has 1 N–H and O–H groups in total. The molecule has 3 heteroatoms. The molecular formula is C14H24N2S. The van der Waals surface area contributed by atoms with Crippen LogP contribution < -0.4 is 5.32 Å². The Hall–Kier alpha value is -0.380. The zero-order valence-electron chi connectivity index (χ0n) is 11.2. The van der Waals surface area contributed by atoms with Gasteiger partial charge in [0.15, 0.2) is 0 Å². The second-order valence-corrected chi connectivity index (χ2v) is 6.40. The SMILES string of the molecule is CCNCC1CCN(C(C)c2ccc(C)s2)C1. The molecule has 0 amide bonds. The van der Waals surface area contributed by atoms with Crippen molar-refractivity contribution in [2.24, 2.45) is 5.92 Å². The van der Waals surface area contributed by atoms with Crippen LogP contribution in [-0.2, 0) is 0 Å². The van der Waals surface area contributed by atoms with E-state index in [0.29, 0.717) is 6.04 Å². The summed E-state index contributed by atoms with van der Waals surface area (Å²) in [7, 11) is 0. The summed E-state index contributed by atoms with van der Waals surface area (Å²) in [6.45, 7) is 11.5. The second kappa shape index (κ2) is 5.98. The zero-order valence-corrected chi connectivity index (χ0v) is 12.0. The van der Waals surface area contributed by atoms with Crippen LogP contribution >= 0.6 is 11.3 Å². The minimum Gasteiger partial charge on any atom is -0.317 e. The first-order valence-corrected chi connectivity index (χ1v) is 7.53. The number of nitrogens with zero attached hydrogens (tertiary/aromatic N) is 1. The lowest BCUT2D eigenvalue weighted by molar-refractivity contribution is 0.255. The standard InChI is InChI=1S/C14H24N2S/c1-4-15-9-13-7-8-16(10-13)12(3)14-6-5-11(2)17-14/h5-6,12-13,15H,4,7-10H2,1-3H3. The first-order chi connectivity index (χ1) is 8.20. The fourth-order valence-corrected chi connectivity index (χ4v) is 3.55. The summed E-state index contributed by atoms with van der Waals surface area (Å²) < 4.78 is 0. The largest absolute Gasteiger partial charge is 0.317 e. The highest BCUT2D eigenvalue weighted by Gasteiger charge is 2.26. The van der Waals surface area contributed by atoms with Crippen molar-refractivity contribution in [2.45, 2.75) is 33.2 Å². The molecule has 0 saturated carbocycles. The van der Waals surface area contributed by atoms with E-state index in [-0.39, 0.29) is 0 Å². The summed E-state index contributed by atoms with van der Waals surface area (Å²) >= 11 is 1.94. The molecule has 0 bridgehead atoms. The summed E-state index contributed by atoms with van der Waals surface area (Å²) in [6, 6.07) is 5.13. The molecule has 0 spiro atoms. The Labute approximate surface area is 109 Å². The highest BCUT2D eigenvalue weighted by Crippen LogP contribution is 2.31. The molecule has 2 nitrogen and oxygen atoms in total. The first kappa shape index (κ1) is 13.1. The van der Waals surface area contributed by atoms with Crippen LogP contribution in [0.3, 0.4) is 0 Å². The van der Waals surface area contributed by atoms with E-state index in [1.807, 2.05) is 11.3 Å². The van der Waals surface area contributed by atoms with Gasteiger partial charge in [0, 0.05) is 22.3 Å². The number of likely N-dealkylation sites (tertiary alicyclic amines) is 1. The van der Waals surface area contributed by atoms with Gasteiger partial charge < -0.3 is 5.32 Å². The maximum Gasteiger partial charge on any atom is 0.0413 e. The molecule has 17 heavy (non-hydrogen) atoms. The number of aryl methyl sites for hydroxylation is 1. The maximum atomic E-state index is 3.47. The van der Waals surface area contributed by atoms with Crippen LogP contribution in [0.1, 0.15) is 36.1 Å². The predicted octanol–water partition coefficient (Wildman–Crippen LogP) is 3.05. The number of nitrogens with one attached hydrogen (secondary N) is 1. The third-order valence-corrected chi connectivity index (χ3v) is 4.89. The Morgan fingerprint density at radius 3 is 3.00 bits per heavy atom. The third-order valence-electron chi connectivity index (χ3n) is 3.72. The van der Waals surface area contributed by atoms with Crippen LogP contribution in [0, 0.1) is 12.8 Å². The summed E-state index contributed by atoms with van der Waals surface area (Å²) in [6.07, 6.45) is 1.35. The minimum atomic E-state index is 0.598. The maximum absolute atomic E-state index is 3.47. The van der Waals surface area contributed by atoms with Gasteiger partial charge in [-0.25, -0.2) is 0 Å². The van der Waals surface area contributed by atoms with Crippen molar-refractivity contribution in [2.75, 3.05) is 26.2 Å². The van der Waals surface area contributed by atoms with Crippen molar-refractivity contribution in [3.63, 3.8) is 0 Å². The van der Waals surface area contributed by atoms with Gasteiger partial charge in [0.2, 0.25) is 0 Å². The van der Waals surface area contributed by atoms with E-state index in [4.69, 9.17) is 0 Å². The molecule has 0 radical (unpaired) electrons. The Morgan fingerprint density at radius 1 is 1.53 bits per heavy atom. The molecule has 1 aromatic heterocycles. The van der Waals surface area contributed by atoms with Gasteiger partial charge >= 0.3 is 0 Å². The van der Waals surface area contributed by atoms with E-state index in [1.165, 1.54) is 35.8 Å². The Balaban J connectivity index is 1.87.